The maximum Gasteiger partial charge on any atom is 0.236 e. The van der Waals surface area contributed by atoms with Gasteiger partial charge in [0.25, 0.3) is 0 Å². The number of thiazole rings is 1. The van der Waals surface area contributed by atoms with E-state index in [0.29, 0.717) is 10.3 Å². The summed E-state index contributed by atoms with van der Waals surface area (Å²) in [6.07, 6.45) is 0. The van der Waals surface area contributed by atoms with E-state index >= 15 is 0 Å². The standard InChI is InChI=1S/C13H14N6OS2/c1-7-4-8(2)11-9(5-7)22-12(15-11)14-10(20)6-21-13-16-17-18-19(13)3/h4-5H,6H2,1-3H3,(H,14,15,20). The Balaban J connectivity index is 1.69. The molecule has 0 atom stereocenters. The number of thioether (sulfide) groups is 1. The van der Waals surface area contributed by atoms with Gasteiger partial charge in [-0.25, -0.2) is 9.67 Å². The summed E-state index contributed by atoms with van der Waals surface area (Å²) in [7, 11) is 1.74. The fourth-order valence-electron chi connectivity index (χ4n) is 2.05. The van der Waals surface area contributed by atoms with Gasteiger partial charge in [0.05, 0.1) is 16.0 Å². The smallest absolute Gasteiger partial charge is 0.236 e. The van der Waals surface area contributed by atoms with Gasteiger partial charge >= 0.3 is 0 Å². The van der Waals surface area contributed by atoms with E-state index in [1.807, 2.05) is 6.92 Å². The van der Waals surface area contributed by atoms with Gasteiger partial charge in [-0.2, -0.15) is 0 Å². The summed E-state index contributed by atoms with van der Waals surface area (Å²) in [6, 6.07) is 4.17. The highest BCUT2D eigenvalue weighted by Gasteiger charge is 2.12. The van der Waals surface area contributed by atoms with Crippen LogP contribution in [0.3, 0.4) is 0 Å². The van der Waals surface area contributed by atoms with Crippen molar-refractivity contribution in [1.29, 1.82) is 0 Å². The van der Waals surface area contributed by atoms with Crippen molar-refractivity contribution in [2.24, 2.45) is 7.05 Å². The van der Waals surface area contributed by atoms with E-state index in [9.17, 15) is 4.79 Å². The zero-order valence-electron chi connectivity index (χ0n) is 12.3. The van der Waals surface area contributed by atoms with Gasteiger partial charge in [-0.15, -0.1) is 5.10 Å². The summed E-state index contributed by atoms with van der Waals surface area (Å²) in [5.41, 5.74) is 3.25. The third-order valence-electron chi connectivity index (χ3n) is 2.99. The quantitative estimate of drug-likeness (QED) is 0.736. The van der Waals surface area contributed by atoms with E-state index in [2.05, 4.69) is 44.9 Å². The van der Waals surface area contributed by atoms with Crippen molar-refractivity contribution >= 4 is 44.4 Å². The zero-order chi connectivity index (χ0) is 15.7. The van der Waals surface area contributed by atoms with Crippen LogP contribution in [0.5, 0.6) is 0 Å². The number of benzene rings is 1. The number of carbonyl (C=O) groups excluding carboxylic acids is 1. The molecule has 3 rings (SSSR count). The molecular formula is C13H14N6OS2. The molecule has 2 heterocycles. The first-order valence-electron chi connectivity index (χ1n) is 6.56. The van der Waals surface area contributed by atoms with Crippen LogP contribution in [0.1, 0.15) is 11.1 Å². The summed E-state index contributed by atoms with van der Waals surface area (Å²) < 4.78 is 2.61. The maximum atomic E-state index is 12.0. The normalized spacial score (nSPS) is 11.0. The number of carbonyl (C=O) groups is 1. The lowest BCUT2D eigenvalue weighted by atomic mass is 10.1. The van der Waals surface area contributed by atoms with Crippen molar-refractivity contribution in [2.45, 2.75) is 19.0 Å². The predicted molar refractivity (Wildman–Crippen MR) is 87.2 cm³/mol. The molecule has 1 aromatic carbocycles. The molecule has 114 valence electrons. The molecule has 0 saturated heterocycles. The van der Waals surface area contributed by atoms with Crippen LogP contribution < -0.4 is 5.32 Å². The molecule has 0 aliphatic carbocycles. The van der Waals surface area contributed by atoms with Gasteiger partial charge in [0.15, 0.2) is 5.13 Å². The largest absolute Gasteiger partial charge is 0.301 e. The van der Waals surface area contributed by atoms with Gasteiger partial charge in [0.2, 0.25) is 11.1 Å². The molecule has 3 aromatic rings. The van der Waals surface area contributed by atoms with E-state index in [1.54, 1.807) is 7.05 Å². The molecule has 0 radical (unpaired) electrons. The fourth-order valence-corrected chi connectivity index (χ4v) is 3.76. The Morgan fingerprint density at radius 1 is 1.41 bits per heavy atom. The molecule has 0 aliphatic heterocycles. The Bertz CT molecular complexity index is 840. The van der Waals surface area contributed by atoms with Gasteiger partial charge in [-0.3, -0.25) is 4.79 Å². The highest BCUT2D eigenvalue weighted by Crippen LogP contribution is 2.29. The second-order valence-corrected chi connectivity index (χ2v) is 6.84. The minimum atomic E-state index is -0.124. The number of amides is 1. The van der Waals surface area contributed by atoms with Gasteiger partial charge in [-0.1, -0.05) is 29.2 Å². The molecule has 2 aromatic heterocycles. The average molecular weight is 334 g/mol. The van der Waals surface area contributed by atoms with Gasteiger partial charge in [-0.05, 0) is 41.5 Å². The van der Waals surface area contributed by atoms with Crippen molar-refractivity contribution in [3.63, 3.8) is 0 Å². The van der Waals surface area contributed by atoms with Gasteiger partial charge in [0, 0.05) is 7.05 Å². The number of hydrogen-bond acceptors (Lipinski definition) is 7. The molecule has 0 saturated carbocycles. The first-order chi connectivity index (χ1) is 10.5. The summed E-state index contributed by atoms with van der Waals surface area (Å²) >= 11 is 2.77. The average Bonchev–Trinajstić information content (AvgIpc) is 3.02. The highest BCUT2D eigenvalue weighted by molar-refractivity contribution is 7.99. The molecule has 1 amide bonds. The first-order valence-corrected chi connectivity index (χ1v) is 8.36. The number of aromatic nitrogens is 5. The number of nitrogens with one attached hydrogen (secondary N) is 1. The molecule has 7 nitrogen and oxygen atoms in total. The van der Waals surface area contributed by atoms with Crippen LogP contribution in [0.15, 0.2) is 17.3 Å². The number of nitrogens with zero attached hydrogens (tertiary/aromatic N) is 5. The molecule has 0 fully saturated rings. The van der Waals surface area contributed by atoms with Crippen LogP contribution >= 0.6 is 23.1 Å². The van der Waals surface area contributed by atoms with E-state index < -0.39 is 0 Å². The Kier molecular flexibility index (Phi) is 4.08. The highest BCUT2D eigenvalue weighted by atomic mass is 32.2. The van der Waals surface area contributed by atoms with Crippen LogP contribution in [0.2, 0.25) is 0 Å². The topological polar surface area (TPSA) is 85.6 Å². The summed E-state index contributed by atoms with van der Waals surface area (Å²) in [4.78, 5) is 16.5. The molecule has 22 heavy (non-hydrogen) atoms. The minimum absolute atomic E-state index is 0.124. The molecule has 0 unspecified atom stereocenters. The van der Waals surface area contributed by atoms with Crippen molar-refractivity contribution in [3.8, 4) is 0 Å². The van der Waals surface area contributed by atoms with Gasteiger partial charge < -0.3 is 5.32 Å². The van der Waals surface area contributed by atoms with Crippen LogP contribution in [-0.2, 0) is 11.8 Å². The molecular weight excluding hydrogens is 320 g/mol. The van der Waals surface area contributed by atoms with E-state index in [4.69, 9.17) is 0 Å². The third-order valence-corrected chi connectivity index (χ3v) is 4.92. The monoisotopic (exact) mass is 334 g/mol. The molecule has 0 bridgehead atoms. The van der Waals surface area contributed by atoms with Crippen molar-refractivity contribution < 1.29 is 4.79 Å². The zero-order valence-corrected chi connectivity index (χ0v) is 14.0. The SMILES string of the molecule is Cc1cc(C)c2nc(NC(=O)CSc3nnnn3C)sc2c1. The minimum Gasteiger partial charge on any atom is -0.301 e. The Morgan fingerprint density at radius 3 is 2.95 bits per heavy atom. The van der Waals surface area contributed by atoms with Crippen LogP contribution in [0.25, 0.3) is 10.2 Å². The third kappa shape index (κ3) is 3.09. The van der Waals surface area contributed by atoms with Crippen LogP contribution in [0, 0.1) is 13.8 Å². The van der Waals surface area contributed by atoms with Crippen LogP contribution in [0.4, 0.5) is 5.13 Å². The Labute approximate surface area is 135 Å². The Morgan fingerprint density at radius 2 is 2.23 bits per heavy atom. The summed E-state index contributed by atoms with van der Waals surface area (Å²) in [5, 5.41) is 15.1. The molecule has 0 spiro atoms. The summed E-state index contributed by atoms with van der Waals surface area (Å²) in [5.74, 6) is 0.115. The second-order valence-electron chi connectivity index (χ2n) is 4.87. The molecule has 0 aliphatic rings. The number of rotatable bonds is 4. The van der Waals surface area contributed by atoms with Crippen molar-refractivity contribution in [2.75, 3.05) is 11.1 Å². The number of aryl methyl sites for hydroxylation is 3. The van der Waals surface area contributed by atoms with Crippen LogP contribution in [-0.4, -0.2) is 36.9 Å². The van der Waals surface area contributed by atoms with E-state index in [-0.39, 0.29) is 11.7 Å². The van der Waals surface area contributed by atoms with Crippen molar-refractivity contribution in [3.05, 3.63) is 23.3 Å². The second kappa shape index (κ2) is 6.01. The van der Waals surface area contributed by atoms with E-state index in [0.717, 1.165) is 15.8 Å². The number of fused-ring (bicyclic) bond motifs is 1. The molecule has 9 heteroatoms. The number of hydrogen-bond donors (Lipinski definition) is 1. The number of tetrazole rings is 1. The van der Waals surface area contributed by atoms with Gasteiger partial charge in [0.1, 0.15) is 0 Å². The lowest BCUT2D eigenvalue weighted by Crippen LogP contribution is -2.14. The summed E-state index contributed by atoms with van der Waals surface area (Å²) in [6.45, 7) is 4.08. The molecule has 1 N–H and O–H groups in total. The first kappa shape index (κ1) is 14.9. The lowest BCUT2D eigenvalue weighted by Gasteiger charge is -2.00. The number of anilines is 1. The van der Waals surface area contributed by atoms with E-state index in [1.165, 1.54) is 33.3 Å². The predicted octanol–water partition coefficient (Wildman–Crippen LogP) is 2.17. The fraction of sp³-hybridized carbons (Fsp3) is 0.308. The van der Waals surface area contributed by atoms with Crippen molar-refractivity contribution in [1.82, 2.24) is 25.2 Å². The Hall–Kier alpha value is -2.00. The lowest BCUT2D eigenvalue weighted by molar-refractivity contribution is -0.113. The maximum absolute atomic E-state index is 12.0.